The molecule has 0 aliphatic carbocycles. The van der Waals surface area contributed by atoms with E-state index in [2.05, 4.69) is 67.1 Å². The summed E-state index contributed by atoms with van der Waals surface area (Å²) in [5, 5.41) is 12.9. The third kappa shape index (κ3) is 4.58. The molecule has 112 valence electrons. The number of aromatic nitrogens is 2. The van der Waals surface area contributed by atoms with Gasteiger partial charge in [0.05, 0.1) is 6.54 Å². The molecule has 3 nitrogen and oxygen atoms in total. The van der Waals surface area contributed by atoms with Gasteiger partial charge in [0.1, 0.15) is 5.01 Å². The van der Waals surface area contributed by atoms with Crippen LogP contribution in [0.2, 0.25) is 0 Å². The van der Waals surface area contributed by atoms with Gasteiger partial charge in [-0.2, -0.15) is 0 Å². The molecule has 0 fully saturated rings. The number of thioether (sulfide) groups is 1. The second kappa shape index (κ2) is 7.09. The normalized spacial score (nSPS) is 11.4. The first kappa shape index (κ1) is 16.0. The Hall–Kier alpha value is -1.33. The summed E-state index contributed by atoms with van der Waals surface area (Å²) >= 11 is 3.31. The molecule has 0 saturated heterocycles. The van der Waals surface area contributed by atoms with E-state index in [0.717, 1.165) is 15.1 Å². The van der Waals surface area contributed by atoms with Crippen molar-refractivity contribution in [2.75, 3.05) is 11.1 Å². The van der Waals surface area contributed by atoms with E-state index in [1.807, 2.05) is 6.08 Å². The molecule has 0 spiro atoms. The number of nitrogens with one attached hydrogen (secondary N) is 1. The summed E-state index contributed by atoms with van der Waals surface area (Å²) in [4.78, 5) is 0. The quantitative estimate of drug-likeness (QED) is 0.617. The predicted molar refractivity (Wildman–Crippen MR) is 93.3 cm³/mol. The molecule has 0 aliphatic heterocycles. The van der Waals surface area contributed by atoms with Crippen LogP contribution in [0.4, 0.5) is 5.69 Å². The van der Waals surface area contributed by atoms with E-state index in [1.54, 1.807) is 23.1 Å². The minimum atomic E-state index is 0.121. The summed E-state index contributed by atoms with van der Waals surface area (Å²) in [6, 6.07) is 8.44. The summed E-state index contributed by atoms with van der Waals surface area (Å²) in [6.07, 6.45) is 1.88. The van der Waals surface area contributed by atoms with Crippen LogP contribution in [0.3, 0.4) is 0 Å². The summed E-state index contributed by atoms with van der Waals surface area (Å²) in [5.41, 5.74) is 2.60. The molecule has 0 unspecified atom stereocenters. The van der Waals surface area contributed by atoms with Crippen molar-refractivity contribution in [3.8, 4) is 0 Å². The molecule has 2 aromatic rings. The lowest BCUT2D eigenvalue weighted by Gasteiger charge is -2.23. The lowest BCUT2D eigenvalue weighted by Crippen LogP contribution is -2.14. The van der Waals surface area contributed by atoms with Gasteiger partial charge in [0.25, 0.3) is 0 Å². The standard InChI is InChI=1S/C16H21N3S2/c1-5-10-20-15-19-18-14(21-15)11-17-13-9-7-6-8-12(13)16(2,3)4/h5-9,17H,1,10-11H2,2-4H3. The third-order valence-electron chi connectivity index (χ3n) is 2.94. The van der Waals surface area contributed by atoms with Crippen LogP contribution >= 0.6 is 23.1 Å². The van der Waals surface area contributed by atoms with E-state index in [4.69, 9.17) is 0 Å². The summed E-state index contributed by atoms with van der Waals surface area (Å²) < 4.78 is 0.996. The highest BCUT2D eigenvalue weighted by atomic mass is 32.2. The Morgan fingerprint density at radius 3 is 2.76 bits per heavy atom. The second-order valence-electron chi connectivity index (χ2n) is 5.71. The largest absolute Gasteiger partial charge is 0.378 e. The van der Waals surface area contributed by atoms with E-state index in [9.17, 15) is 0 Å². The Balaban J connectivity index is 2.03. The Bertz CT molecular complexity index is 600. The molecule has 0 radical (unpaired) electrons. The highest BCUT2D eigenvalue weighted by Gasteiger charge is 2.17. The van der Waals surface area contributed by atoms with Crippen molar-refractivity contribution in [3.05, 3.63) is 47.5 Å². The number of rotatable bonds is 6. The van der Waals surface area contributed by atoms with E-state index in [-0.39, 0.29) is 5.41 Å². The van der Waals surface area contributed by atoms with Crippen LogP contribution in [0, 0.1) is 0 Å². The van der Waals surface area contributed by atoms with Gasteiger partial charge in [-0.05, 0) is 17.0 Å². The van der Waals surface area contributed by atoms with Crippen molar-refractivity contribution in [2.45, 2.75) is 37.1 Å². The molecule has 5 heteroatoms. The SMILES string of the molecule is C=CCSc1nnc(CNc2ccccc2C(C)(C)C)s1. The molecule has 21 heavy (non-hydrogen) atoms. The fraction of sp³-hybridized carbons (Fsp3) is 0.375. The van der Waals surface area contributed by atoms with Crippen LogP contribution in [-0.4, -0.2) is 16.0 Å². The van der Waals surface area contributed by atoms with Crippen molar-refractivity contribution in [1.29, 1.82) is 0 Å². The van der Waals surface area contributed by atoms with Gasteiger partial charge in [0, 0.05) is 11.4 Å². The fourth-order valence-electron chi connectivity index (χ4n) is 1.96. The summed E-state index contributed by atoms with van der Waals surface area (Å²) in [6.45, 7) is 11.1. The molecule has 0 aliphatic rings. The van der Waals surface area contributed by atoms with Gasteiger partial charge in [-0.15, -0.1) is 16.8 Å². The smallest absolute Gasteiger partial charge is 0.174 e. The van der Waals surface area contributed by atoms with Gasteiger partial charge >= 0.3 is 0 Å². The Kier molecular flexibility index (Phi) is 5.42. The first-order chi connectivity index (χ1) is 10.0. The molecule has 1 heterocycles. The molecule has 2 rings (SSSR count). The summed E-state index contributed by atoms with van der Waals surface area (Å²) in [7, 11) is 0. The second-order valence-corrected chi connectivity index (χ2v) is 8.04. The van der Waals surface area contributed by atoms with Crippen molar-refractivity contribution in [1.82, 2.24) is 10.2 Å². The van der Waals surface area contributed by atoms with Crippen LogP contribution < -0.4 is 5.32 Å². The zero-order valence-electron chi connectivity index (χ0n) is 12.7. The number of para-hydroxylation sites is 1. The zero-order valence-corrected chi connectivity index (χ0v) is 14.4. The van der Waals surface area contributed by atoms with Gasteiger partial charge in [-0.3, -0.25) is 0 Å². The van der Waals surface area contributed by atoms with Crippen LogP contribution in [0.25, 0.3) is 0 Å². The van der Waals surface area contributed by atoms with E-state index in [1.165, 1.54) is 11.3 Å². The zero-order chi connectivity index (χ0) is 15.3. The Labute approximate surface area is 134 Å². The minimum Gasteiger partial charge on any atom is -0.378 e. The maximum atomic E-state index is 4.23. The number of hydrogen-bond acceptors (Lipinski definition) is 5. The number of nitrogens with zero attached hydrogens (tertiary/aromatic N) is 2. The lowest BCUT2D eigenvalue weighted by atomic mass is 9.86. The monoisotopic (exact) mass is 319 g/mol. The van der Waals surface area contributed by atoms with Crippen LogP contribution in [-0.2, 0) is 12.0 Å². The van der Waals surface area contributed by atoms with Crippen LogP contribution in [0.1, 0.15) is 31.3 Å². The van der Waals surface area contributed by atoms with Gasteiger partial charge in [0.2, 0.25) is 0 Å². The lowest BCUT2D eigenvalue weighted by molar-refractivity contribution is 0.591. The molecule has 0 atom stereocenters. The van der Waals surface area contributed by atoms with E-state index in [0.29, 0.717) is 6.54 Å². The van der Waals surface area contributed by atoms with Crippen molar-refractivity contribution in [2.24, 2.45) is 0 Å². The average Bonchev–Trinajstić information content (AvgIpc) is 2.90. The highest BCUT2D eigenvalue weighted by molar-refractivity contribution is 8.01. The van der Waals surface area contributed by atoms with Crippen molar-refractivity contribution >= 4 is 28.8 Å². The van der Waals surface area contributed by atoms with Gasteiger partial charge in [0.15, 0.2) is 4.34 Å². The fourth-order valence-corrected chi connectivity index (χ4v) is 3.56. The first-order valence-corrected chi connectivity index (χ1v) is 8.70. The van der Waals surface area contributed by atoms with E-state index < -0.39 is 0 Å². The van der Waals surface area contributed by atoms with Gasteiger partial charge < -0.3 is 5.32 Å². The topological polar surface area (TPSA) is 37.8 Å². The number of anilines is 1. The summed E-state index contributed by atoms with van der Waals surface area (Å²) in [5.74, 6) is 0.870. The average molecular weight is 319 g/mol. The van der Waals surface area contributed by atoms with Crippen molar-refractivity contribution in [3.63, 3.8) is 0 Å². The van der Waals surface area contributed by atoms with Gasteiger partial charge in [-0.1, -0.05) is 68.1 Å². The Morgan fingerprint density at radius 1 is 1.29 bits per heavy atom. The molecule has 1 aromatic heterocycles. The van der Waals surface area contributed by atoms with Crippen LogP contribution in [0.5, 0.6) is 0 Å². The third-order valence-corrected chi connectivity index (χ3v) is 4.99. The molecule has 0 bridgehead atoms. The molecule has 0 saturated carbocycles. The number of hydrogen-bond donors (Lipinski definition) is 1. The predicted octanol–water partition coefficient (Wildman–Crippen LogP) is 4.73. The van der Waals surface area contributed by atoms with E-state index >= 15 is 0 Å². The first-order valence-electron chi connectivity index (χ1n) is 6.90. The van der Waals surface area contributed by atoms with Gasteiger partial charge in [-0.25, -0.2) is 0 Å². The van der Waals surface area contributed by atoms with Crippen LogP contribution in [0.15, 0.2) is 41.3 Å². The van der Waals surface area contributed by atoms with Crippen molar-refractivity contribution < 1.29 is 0 Å². The molecular weight excluding hydrogens is 298 g/mol. The maximum absolute atomic E-state index is 4.23. The highest BCUT2D eigenvalue weighted by Crippen LogP contribution is 2.30. The molecular formula is C16H21N3S2. The number of benzene rings is 1. The molecule has 0 amide bonds. The minimum absolute atomic E-state index is 0.121. The Morgan fingerprint density at radius 2 is 2.05 bits per heavy atom. The molecule has 1 N–H and O–H groups in total. The molecule has 1 aromatic carbocycles. The maximum Gasteiger partial charge on any atom is 0.174 e.